The third-order valence-corrected chi connectivity index (χ3v) is 5.96. The summed E-state index contributed by atoms with van der Waals surface area (Å²) in [5.74, 6) is 0.764. The molecule has 1 aromatic carbocycles. The predicted octanol–water partition coefficient (Wildman–Crippen LogP) is 2.18. The van der Waals surface area contributed by atoms with Crippen LogP contribution in [0.25, 0.3) is 0 Å². The summed E-state index contributed by atoms with van der Waals surface area (Å²) >= 11 is 0. The SMILES string of the molecule is C=P1(C)CCN(c2ccc(N)c(OC)c2)CC1. The number of ether oxygens (including phenoxy) is 1. The van der Waals surface area contributed by atoms with Crippen LogP contribution in [0.15, 0.2) is 18.2 Å². The quantitative estimate of drug-likeness (QED) is 0.647. The number of methoxy groups -OCH3 is 1. The Balaban J connectivity index is 2.16. The highest BCUT2D eigenvalue weighted by Crippen LogP contribution is 2.43. The Hall–Kier alpha value is -1.08. The van der Waals surface area contributed by atoms with Gasteiger partial charge in [-0.1, -0.05) is 0 Å². The summed E-state index contributed by atoms with van der Waals surface area (Å²) in [6.45, 7) is 3.67. The zero-order valence-electron chi connectivity index (χ0n) is 10.6. The number of anilines is 2. The Morgan fingerprint density at radius 2 is 2.00 bits per heavy atom. The van der Waals surface area contributed by atoms with Gasteiger partial charge >= 0.3 is 0 Å². The first-order valence-electron chi connectivity index (χ1n) is 5.89. The van der Waals surface area contributed by atoms with Gasteiger partial charge in [-0.3, -0.25) is 0 Å². The minimum atomic E-state index is -0.870. The second kappa shape index (κ2) is 4.66. The molecule has 2 rings (SSSR count). The lowest BCUT2D eigenvalue weighted by Gasteiger charge is -2.35. The van der Waals surface area contributed by atoms with E-state index in [1.807, 2.05) is 12.1 Å². The summed E-state index contributed by atoms with van der Waals surface area (Å²) in [5, 5.41) is 0. The topological polar surface area (TPSA) is 38.5 Å². The average Bonchev–Trinajstić information content (AvgIpc) is 2.30. The van der Waals surface area contributed by atoms with E-state index < -0.39 is 6.89 Å². The van der Waals surface area contributed by atoms with Crippen LogP contribution in [0, 0.1) is 0 Å². The molecule has 1 aliphatic rings. The maximum atomic E-state index is 5.82. The van der Waals surface area contributed by atoms with E-state index in [9.17, 15) is 0 Å². The van der Waals surface area contributed by atoms with Crippen molar-refractivity contribution in [3.8, 4) is 5.75 Å². The number of hydrogen-bond acceptors (Lipinski definition) is 3. The van der Waals surface area contributed by atoms with Crippen LogP contribution in [-0.2, 0) is 0 Å². The van der Waals surface area contributed by atoms with Crippen LogP contribution in [0.3, 0.4) is 0 Å². The fourth-order valence-electron chi connectivity index (χ4n) is 2.10. The van der Waals surface area contributed by atoms with E-state index in [-0.39, 0.29) is 0 Å². The van der Waals surface area contributed by atoms with E-state index in [0.29, 0.717) is 5.69 Å². The van der Waals surface area contributed by atoms with E-state index in [1.54, 1.807) is 7.11 Å². The van der Waals surface area contributed by atoms with E-state index in [4.69, 9.17) is 10.5 Å². The van der Waals surface area contributed by atoms with Crippen molar-refractivity contribution in [1.29, 1.82) is 0 Å². The third-order valence-electron chi connectivity index (χ3n) is 3.40. The standard InChI is InChI=1S/C13H21N2OP/c1-16-13-10-11(4-5-12(13)14)15-6-8-17(2,3)9-7-15/h4-5,10H,2,6-9,14H2,1,3H3. The zero-order chi connectivity index (χ0) is 12.5. The van der Waals surface area contributed by atoms with Crippen LogP contribution in [-0.4, -0.2) is 45.5 Å². The first-order chi connectivity index (χ1) is 8.02. The van der Waals surface area contributed by atoms with E-state index in [2.05, 4.69) is 23.9 Å². The highest BCUT2D eigenvalue weighted by molar-refractivity contribution is 7.73. The Labute approximate surface area is 104 Å². The molecule has 94 valence electrons. The number of rotatable bonds is 2. The van der Waals surface area contributed by atoms with Crippen molar-refractivity contribution in [2.24, 2.45) is 0 Å². The number of nitrogens with two attached hydrogens (primary N) is 1. The molecule has 1 saturated heterocycles. The molecular weight excluding hydrogens is 231 g/mol. The van der Waals surface area contributed by atoms with Gasteiger partial charge in [-0.05, 0) is 31.1 Å². The molecule has 2 N–H and O–H groups in total. The lowest BCUT2D eigenvalue weighted by molar-refractivity contribution is 0.417. The van der Waals surface area contributed by atoms with Gasteiger partial charge in [-0.15, -0.1) is 13.2 Å². The minimum Gasteiger partial charge on any atom is -0.495 e. The molecule has 0 spiro atoms. The molecule has 0 unspecified atom stereocenters. The Morgan fingerprint density at radius 1 is 1.35 bits per heavy atom. The number of hydrogen-bond donors (Lipinski definition) is 1. The molecular formula is C13H21N2OP. The molecule has 0 aliphatic carbocycles. The Kier molecular flexibility index (Phi) is 3.39. The van der Waals surface area contributed by atoms with Crippen molar-refractivity contribution in [2.75, 3.05) is 49.8 Å². The first-order valence-corrected chi connectivity index (χ1v) is 8.68. The zero-order valence-corrected chi connectivity index (χ0v) is 11.5. The monoisotopic (exact) mass is 252 g/mol. The number of nitrogen functional groups attached to an aromatic ring is 1. The fraction of sp³-hybridized carbons (Fsp3) is 0.462. The van der Waals surface area contributed by atoms with Gasteiger partial charge < -0.3 is 15.4 Å². The van der Waals surface area contributed by atoms with Crippen LogP contribution in [0.1, 0.15) is 0 Å². The van der Waals surface area contributed by atoms with Crippen LogP contribution in [0.2, 0.25) is 0 Å². The first kappa shape index (κ1) is 12.4. The van der Waals surface area contributed by atoms with E-state index in [0.717, 1.165) is 18.8 Å². The smallest absolute Gasteiger partial charge is 0.143 e. The van der Waals surface area contributed by atoms with Gasteiger partial charge in [0.05, 0.1) is 12.8 Å². The maximum Gasteiger partial charge on any atom is 0.143 e. The lowest BCUT2D eigenvalue weighted by Crippen LogP contribution is -2.34. The molecule has 1 aromatic rings. The highest BCUT2D eigenvalue weighted by atomic mass is 31.2. The molecule has 17 heavy (non-hydrogen) atoms. The molecule has 1 heterocycles. The minimum absolute atomic E-state index is 0.697. The summed E-state index contributed by atoms with van der Waals surface area (Å²) in [4.78, 5) is 2.40. The molecule has 0 atom stereocenters. The van der Waals surface area contributed by atoms with Crippen LogP contribution in [0.5, 0.6) is 5.75 Å². The molecule has 4 heteroatoms. The van der Waals surface area contributed by atoms with Crippen molar-refractivity contribution in [3.63, 3.8) is 0 Å². The third kappa shape index (κ3) is 2.78. The highest BCUT2D eigenvalue weighted by Gasteiger charge is 2.19. The van der Waals surface area contributed by atoms with Gasteiger partial charge in [0.1, 0.15) is 5.75 Å². The second-order valence-corrected chi connectivity index (χ2v) is 9.11. The molecule has 0 saturated carbocycles. The van der Waals surface area contributed by atoms with Crippen molar-refractivity contribution in [3.05, 3.63) is 18.2 Å². The Morgan fingerprint density at radius 3 is 2.59 bits per heavy atom. The van der Waals surface area contributed by atoms with Crippen molar-refractivity contribution in [1.82, 2.24) is 0 Å². The number of nitrogens with zero attached hydrogens (tertiary/aromatic N) is 1. The van der Waals surface area contributed by atoms with Gasteiger partial charge in [-0.2, -0.15) is 0 Å². The molecule has 0 amide bonds. The lowest BCUT2D eigenvalue weighted by atomic mass is 10.2. The van der Waals surface area contributed by atoms with Gasteiger partial charge in [0.25, 0.3) is 0 Å². The largest absolute Gasteiger partial charge is 0.495 e. The van der Waals surface area contributed by atoms with E-state index >= 15 is 0 Å². The van der Waals surface area contributed by atoms with Crippen LogP contribution in [0.4, 0.5) is 11.4 Å². The maximum absolute atomic E-state index is 5.82. The predicted molar refractivity (Wildman–Crippen MR) is 79.3 cm³/mol. The van der Waals surface area contributed by atoms with Crippen LogP contribution >= 0.6 is 6.89 Å². The molecule has 1 aliphatic heterocycles. The van der Waals surface area contributed by atoms with Gasteiger partial charge in [-0.25, -0.2) is 0 Å². The number of benzene rings is 1. The fourth-order valence-corrected chi connectivity index (χ4v) is 3.77. The van der Waals surface area contributed by atoms with E-state index in [1.165, 1.54) is 18.0 Å². The molecule has 0 bridgehead atoms. The summed E-state index contributed by atoms with van der Waals surface area (Å²) < 4.78 is 5.26. The molecule has 0 aromatic heterocycles. The summed E-state index contributed by atoms with van der Waals surface area (Å²) in [7, 11) is 1.66. The second-order valence-electron chi connectivity index (χ2n) is 4.98. The van der Waals surface area contributed by atoms with Gasteiger partial charge in [0, 0.05) is 24.8 Å². The van der Waals surface area contributed by atoms with Gasteiger partial charge in [0.15, 0.2) is 0 Å². The summed E-state index contributed by atoms with van der Waals surface area (Å²) in [6, 6.07) is 6.02. The molecule has 3 nitrogen and oxygen atoms in total. The van der Waals surface area contributed by atoms with Crippen molar-refractivity contribution in [2.45, 2.75) is 0 Å². The summed E-state index contributed by atoms with van der Waals surface area (Å²) in [5.41, 5.74) is 7.73. The Bertz CT molecular complexity index is 447. The summed E-state index contributed by atoms with van der Waals surface area (Å²) in [6.07, 6.45) is 6.82. The van der Waals surface area contributed by atoms with Gasteiger partial charge in [0.2, 0.25) is 0 Å². The van der Waals surface area contributed by atoms with Crippen molar-refractivity contribution < 1.29 is 4.74 Å². The molecule has 0 radical (unpaired) electrons. The normalized spacial score (nSPS) is 19.1. The average molecular weight is 252 g/mol. The molecule has 1 fully saturated rings. The van der Waals surface area contributed by atoms with Crippen molar-refractivity contribution >= 4 is 24.6 Å². The van der Waals surface area contributed by atoms with Crippen LogP contribution < -0.4 is 15.4 Å².